The molecule has 1 atom stereocenters. The number of unbranched alkanes of at least 4 members (excludes halogenated alkanes) is 1. The lowest BCUT2D eigenvalue weighted by molar-refractivity contribution is -0.115. The Morgan fingerprint density at radius 3 is 2.45 bits per heavy atom. The van der Waals surface area contributed by atoms with E-state index in [1.165, 1.54) is 37.0 Å². The Bertz CT molecular complexity index is 1090. The van der Waals surface area contributed by atoms with Crippen LogP contribution in [0.25, 0.3) is 0 Å². The zero-order chi connectivity index (χ0) is 27.2. The van der Waals surface area contributed by atoms with E-state index in [1.54, 1.807) is 24.3 Å². The van der Waals surface area contributed by atoms with Crippen LogP contribution in [0.4, 0.5) is 10.5 Å². The fourth-order valence-electron chi connectivity index (χ4n) is 4.86. The number of nitrogens with zero attached hydrogens (tertiary/aromatic N) is 3. The van der Waals surface area contributed by atoms with Crippen molar-refractivity contribution in [1.82, 2.24) is 10.2 Å². The molecule has 4 N–H and O–H groups in total. The van der Waals surface area contributed by atoms with Crippen LogP contribution in [-0.4, -0.2) is 29.3 Å². The second-order valence-corrected chi connectivity index (χ2v) is 10.1. The molecule has 0 radical (unpaired) electrons. The number of nitrogens with two attached hydrogens (primary N) is 1. The number of rotatable bonds is 12. The van der Waals surface area contributed by atoms with Gasteiger partial charge >= 0.3 is 6.03 Å². The summed E-state index contributed by atoms with van der Waals surface area (Å²) < 4.78 is 0. The maximum atomic E-state index is 12.2. The van der Waals surface area contributed by atoms with Crippen LogP contribution in [0, 0.1) is 17.2 Å². The highest BCUT2D eigenvalue weighted by Crippen LogP contribution is 2.29. The molecule has 3 rings (SSSR count). The van der Waals surface area contributed by atoms with E-state index in [1.807, 2.05) is 30.3 Å². The minimum Gasteiger partial charge on any atom is -0.369 e. The smallest absolute Gasteiger partial charge is 0.319 e. The molecule has 8 heteroatoms. The number of carbonyl (C=O) groups excluding carboxylic acids is 2. The molecule has 202 valence electrons. The Kier molecular flexibility index (Phi) is 11.6. The first-order valence-corrected chi connectivity index (χ1v) is 13.7. The summed E-state index contributed by atoms with van der Waals surface area (Å²) in [4.78, 5) is 30.3. The maximum absolute atomic E-state index is 12.2. The van der Waals surface area contributed by atoms with Gasteiger partial charge in [-0.2, -0.15) is 5.26 Å². The normalized spacial score (nSPS) is 14.8. The lowest BCUT2D eigenvalue weighted by Crippen LogP contribution is -2.37. The summed E-state index contributed by atoms with van der Waals surface area (Å²) in [5, 5.41) is 14.4. The lowest BCUT2D eigenvalue weighted by Gasteiger charge is -2.26. The van der Waals surface area contributed by atoms with E-state index in [2.05, 4.69) is 17.6 Å². The Labute approximate surface area is 226 Å². The first-order valence-electron chi connectivity index (χ1n) is 13.7. The zero-order valence-electron chi connectivity index (χ0n) is 22.4. The molecule has 0 saturated heterocycles. The number of carbonyl (C=O) groups is 2. The molecule has 1 saturated carbocycles. The van der Waals surface area contributed by atoms with Crippen molar-refractivity contribution < 1.29 is 9.59 Å². The Morgan fingerprint density at radius 2 is 1.82 bits per heavy atom. The predicted octanol–water partition coefficient (Wildman–Crippen LogP) is 5.68. The number of nitriles is 1. The van der Waals surface area contributed by atoms with E-state index in [4.69, 9.17) is 16.0 Å². The predicted molar refractivity (Wildman–Crippen MR) is 151 cm³/mol. The number of hydrogen-bond donors (Lipinski definition) is 3. The molecular weight excluding hydrogens is 476 g/mol. The van der Waals surface area contributed by atoms with E-state index in [-0.39, 0.29) is 18.0 Å². The molecule has 1 fully saturated rings. The highest BCUT2D eigenvalue weighted by Gasteiger charge is 2.20. The number of hydrogen-bond acceptors (Lipinski definition) is 4. The highest BCUT2D eigenvalue weighted by molar-refractivity contribution is 5.89. The molecule has 3 amide bonds. The van der Waals surface area contributed by atoms with Crippen molar-refractivity contribution in [3.63, 3.8) is 0 Å². The number of anilines is 1. The summed E-state index contributed by atoms with van der Waals surface area (Å²) in [5.41, 5.74) is 9.32. The first-order chi connectivity index (χ1) is 18.5. The van der Waals surface area contributed by atoms with Gasteiger partial charge in [-0.05, 0) is 54.2 Å². The summed E-state index contributed by atoms with van der Waals surface area (Å²) in [6, 6.07) is 16.2. The number of aliphatic imine (C=N–C) groups is 1. The van der Waals surface area contributed by atoms with Gasteiger partial charge in [-0.1, -0.05) is 76.1 Å². The van der Waals surface area contributed by atoms with Crippen LogP contribution in [0.1, 0.15) is 81.4 Å². The van der Waals surface area contributed by atoms with Crippen molar-refractivity contribution in [2.24, 2.45) is 16.6 Å². The van der Waals surface area contributed by atoms with E-state index in [9.17, 15) is 9.59 Å². The molecule has 0 aromatic heterocycles. The molecule has 2 aromatic rings. The van der Waals surface area contributed by atoms with E-state index < -0.39 is 0 Å². The van der Waals surface area contributed by atoms with E-state index in [0.717, 1.165) is 43.2 Å². The molecule has 1 aliphatic carbocycles. The van der Waals surface area contributed by atoms with Crippen molar-refractivity contribution in [3.8, 4) is 6.07 Å². The van der Waals surface area contributed by atoms with Gasteiger partial charge in [0.05, 0.1) is 24.2 Å². The molecule has 8 nitrogen and oxygen atoms in total. The Balaban J connectivity index is 1.52. The van der Waals surface area contributed by atoms with Gasteiger partial charge in [-0.25, -0.2) is 9.79 Å². The van der Waals surface area contributed by atoms with Gasteiger partial charge in [0.1, 0.15) is 0 Å². The van der Waals surface area contributed by atoms with Crippen LogP contribution in [-0.2, 0) is 17.9 Å². The number of guanidine groups is 1. The largest absolute Gasteiger partial charge is 0.369 e. The van der Waals surface area contributed by atoms with Crippen LogP contribution in [0.15, 0.2) is 53.5 Å². The number of urea groups is 1. The fraction of sp³-hybridized carbons (Fsp3) is 0.467. The van der Waals surface area contributed by atoms with Gasteiger partial charge in [0, 0.05) is 12.2 Å². The third kappa shape index (κ3) is 9.55. The van der Waals surface area contributed by atoms with Gasteiger partial charge in [0.2, 0.25) is 6.41 Å². The fourth-order valence-corrected chi connectivity index (χ4v) is 4.86. The summed E-state index contributed by atoms with van der Waals surface area (Å²) >= 11 is 0. The standard InChI is InChI=1S/C30H40N6O2/c1-2-3-9-28(18-23-7-5-4-6-8-23)34-29(32)36(22-37)21-26-12-10-25(11-13-26)20-33-30(38)35-27-16-14-24(19-31)15-17-27/h10-17,22-23,28H,2-9,18,20-21H2,1H3,(H2,32,34)(H2,33,35,38). The molecule has 0 bridgehead atoms. The first kappa shape index (κ1) is 28.7. The van der Waals surface area contributed by atoms with Crippen molar-refractivity contribution in [2.45, 2.75) is 83.8 Å². The van der Waals surface area contributed by atoms with Crippen LogP contribution in [0.2, 0.25) is 0 Å². The molecule has 2 aromatic carbocycles. The average molecular weight is 517 g/mol. The van der Waals surface area contributed by atoms with Gasteiger partial charge in [-0.3, -0.25) is 9.69 Å². The van der Waals surface area contributed by atoms with Crippen molar-refractivity contribution in [1.29, 1.82) is 5.26 Å². The molecule has 0 spiro atoms. The van der Waals surface area contributed by atoms with Gasteiger partial charge in [0.25, 0.3) is 0 Å². The average Bonchev–Trinajstić information content (AvgIpc) is 2.95. The summed E-state index contributed by atoms with van der Waals surface area (Å²) in [5.74, 6) is 0.987. The minimum atomic E-state index is -0.333. The van der Waals surface area contributed by atoms with Crippen LogP contribution in [0.3, 0.4) is 0 Å². The third-order valence-electron chi connectivity index (χ3n) is 7.06. The van der Waals surface area contributed by atoms with Gasteiger partial charge in [0.15, 0.2) is 5.96 Å². The monoisotopic (exact) mass is 516 g/mol. The molecule has 1 unspecified atom stereocenters. The van der Waals surface area contributed by atoms with E-state index in [0.29, 0.717) is 30.3 Å². The second kappa shape index (κ2) is 15.4. The molecule has 0 heterocycles. The Hall–Kier alpha value is -3.86. The van der Waals surface area contributed by atoms with Crippen LogP contribution < -0.4 is 16.4 Å². The molecule has 38 heavy (non-hydrogen) atoms. The summed E-state index contributed by atoms with van der Waals surface area (Å²) in [7, 11) is 0. The van der Waals surface area contributed by atoms with Crippen molar-refractivity contribution in [2.75, 3.05) is 5.32 Å². The number of benzene rings is 2. The SMILES string of the molecule is CCCCC(CC1CCCCC1)N=C(N)N(C=O)Cc1ccc(CNC(=O)Nc2ccc(C#N)cc2)cc1. The topological polar surface area (TPSA) is 124 Å². The summed E-state index contributed by atoms with van der Waals surface area (Å²) in [6.45, 7) is 2.88. The third-order valence-corrected chi connectivity index (χ3v) is 7.06. The number of nitrogens with one attached hydrogen (secondary N) is 2. The second-order valence-electron chi connectivity index (χ2n) is 10.1. The van der Waals surface area contributed by atoms with E-state index >= 15 is 0 Å². The molecule has 1 aliphatic rings. The van der Waals surface area contributed by atoms with Crippen LogP contribution >= 0.6 is 0 Å². The summed E-state index contributed by atoms with van der Waals surface area (Å²) in [6.07, 6.45) is 11.5. The zero-order valence-corrected chi connectivity index (χ0v) is 22.4. The van der Waals surface area contributed by atoms with Gasteiger partial charge < -0.3 is 16.4 Å². The quantitative estimate of drug-likeness (QED) is 0.191. The lowest BCUT2D eigenvalue weighted by atomic mass is 9.84. The minimum absolute atomic E-state index is 0.157. The highest BCUT2D eigenvalue weighted by atomic mass is 16.2. The maximum Gasteiger partial charge on any atom is 0.319 e. The number of amides is 3. The molecule has 0 aliphatic heterocycles. The Morgan fingerprint density at radius 1 is 1.13 bits per heavy atom. The molecular formula is C30H40N6O2. The van der Waals surface area contributed by atoms with Crippen molar-refractivity contribution in [3.05, 3.63) is 65.2 Å². The van der Waals surface area contributed by atoms with Crippen LogP contribution in [0.5, 0.6) is 0 Å². The van der Waals surface area contributed by atoms with Gasteiger partial charge in [-0.15, -0.1) is 0 Å². The van der Waals surface area contributed by atoms with Crippen molar-refractivity contribution >= 4 is 24.1 Å².